The molecule has 2 rings (SSSR count). The monoisotopic (exact) mass is 269 g/mol. The van der Waals surface area contributed by atoms with Crippen molar-refractivity contribution in [3.05, 3.63) is 29.6 Å². The van der Waals surface area contributed by atoms with Crippen molar-refractivity contribution >= 4 is 0 Å². The zero-order valence-corrected chi connectivity index (χ0v) is 10.2. The minimum Gasteiger partial charge on any atom is -0.307 e. The van der Waals surface area contributed by atoms with Crippen LogP contribution in [-0.2, 0) is 12.7 Å². The lowest BCUT2D eigenvalue weighted by atomic mass is 10.1. The Morgan fingerprint density at radius 2 is 2.16 bits per heavy atom. The minimum atomic E-state index is -4.35. The molecule has 0 aliphatic heterocycles. The summed E-state index contributed by atoms with van der Waals surface area (Å²) in [6.45, 7) is 0.390. The van der Waals surface area contributed by atoms with Gasteiger partial charge in [0.15, 0.2) is 0 Å². The van der Waals surface area contributed by atoms with E-state index in [-0.39, 0.29) is 12.0 Å². The molecule has 1 fully saturated rings. The van der Waals surface area contributed by atoms with Crippen LogP contribution in [0.15, 0.2) is 18.3 Å². The lowest BCUT2D eigenvalue weighted by molar-refractivity contribution is -0.137. The summed E-state index contributed by atoms with van der Waals surface area (Å²) in [7, 11) is 0. The van der Waals surface area contributed by atoms with E-state index < -0.39 is 11.7 Å². The van der Waals surface area contributed by atoms with Crippen molar-refractivity contribution in [1.29, 1.82) is 5.26 Å². The molecule has 2 atom stereocenters. The summed E-state index contributed by atoms with van der Waals surface area (Å²) in [6.07, 6.45) is -0.687. The van der Waals surface area contributed by atoms with E-state index in [4.69, 9.17) is 5.26 Å². The number of alkyl halides is 3. The first-order chi connectivity index (χ1) is 9.00. The third-order valence-electron chi connectivity index (χ3n) is 3.38. The van der Waals surface area contributed by atoms with Gasteiger partial charge in [-0.2, -0.15) is 18.4 Å². The van der Waals surface area contributed by atoms with Crippen molar-refractivity contribution in [2.45, 2.75) is 38.0 Å². The van der Waals surface area contributed by atoms with Crippen molar-refractivity contribution < 1.29 is 13.2 Å². The van der Waals surface area contributed by atoms with Crippen LogP contribution in [0, 0.1) is 17.2 Å². The average molecular weight is 269 g/mol. The van der Waals surface area contributed by atoms with Gasteiger partial charge < -0.3 is 5.32 Å². The zero-order valence-electron chi connectivity index (χ0n) is 10.2. The minimum absolute atomic E-state index is 0.00514. The van der Waals surface area contributed by atoms with Crippen LogP contribution in [0.1, 0.15) is 30.5 Å². The topological polar surface area (TPSA) is 48.7 Å². The number of pyridine rings is 1. The first-order valence-electron chi connectivity index (χ1n) is 6.16. The van der Waals surface area contributed by atoms with E-state index in [9.17, 15) is 13.2 Å². The highest BCUT2D eigenvalue weighted by Gasteiger charge is 2.31. The Morgan fingerprint density at radius 1 is 1.37 bits per heavy atom. The van der Waals surface area contributed by atoms with Gasteiger partial charge in [0.2, 0.25) is 0 Å². The second kappa shape index (κ2) is 5.57. The molecule has 0 aromatic carbocycles. The fraction of sp³-hybridized carbons (Fsp3) is 0.538. The molecule has 1 aromatic rings. The van der Waals surface area contributed by atoms with Crippen molar-refractivity contribution in [1.82, 2.24) is 10.3 Å². The van der Waals surface area contributed by atoms with E-state index in [0.717, 1.165) is 31.5 Å². The number of nitrogens with one attached hydrogen (secondary N) is 1. The SMILES string of the molecule is N#CC1CCCC1NCc1ccc(C(F)(F)F)cn1. The standard InChI is InChI=1S/C13H14F3N3/c14-13(15,16)10-4-5-11(18-7-10)8-19-12-3-1-2-9(12)6-17/h4-5,7,9,12,19H,1-3,8H2. The van der Waals surface area contributed by atoms with Crippen LogP contribution in [0.4, 0.5) is 13.2 Å². The number of rotatable bonds is 3. The maximum absolute atomic E-state index is 12.4. The molecular formula is C13H14F3N3. The van der Waals surface area contributed by atoms with Gasteiger partial charge in [-0.15, -0.1) is 0 Å². The van der Waals surface area contributed by atoms with E-state index >= 15 is 0 Å². The number of halogens is 3. The third-order valence-corrected chi connectivity index (χ3v) is 3.38. The predicted octanol–water partition coefficient (Wildman–Crippen LogP) is 2.88. The lowest BCUT2D eigenvalue weighted by Crippen LogP contribution is -2.31. The van der Waals surface area contributed by atoms with Crippen molar-refractivity contribution in [3.8, 4) is 6.07 Å². The van der Waals surface area contributed by atoms with Gasteiger partial charge in [-0.1, -0.05) is 6.42 Å². The maximum atomic E-state index is 12.4. The molecule has 1 aliphatic rings. The molecule has 6 heteroatoms. The Balaban J connectivity index is 1.92. The van der Waals surface area contributed by atoms with Crippen LogP contribution < -0.4 is 5.32 Å². The normalized spacial score (nSPS) is 23.3. The van der Waals surface area contributed by atoms with Gasteiger partial charge in [-0.05, 0) is 25.0 Å². The van der Waals surface area contributed by atoms with Crippen molar-refractivity contribution in [3.63, 3.8) is 0 Å². The molecule has 1 aliphatic carbocycles. The van der Waals surface area contributed by atoms with Gasteiger partial charge in [0, 0.05) is 18.8 Å². The highest BCUT2D eigenvalue weighted by molar-refractivity contribution is 5.17. The van der Waals surface area contributed by atoms with E-state index in [1.165, 1.54) is 6.07 Å². The number of aromatic nitrogens is 1. The second-order valence-electron chi connectivity index (χ2n) is 4.69. The highest BCUT2D eigenvalue weighted by atomic mass is 19.4. The van der Waals surface area contributed by atoms with Gasteiger partial charge in [0.05, 0.1) is 23.2 Å². The summed E-state index contributed by atoms with van der Waals surface area (Å²) in [5, 5.41) is 12.1. The molecule has 0 amide bonds. The van der Waals surface area contributed by atoms with Crippen LogP contribution in [0.5, 0.6) is 0 Å². The number of hydrogen-bond donors (Lipinski definition) is 1. The first-order valence-corrected chi connectivity index (χ1v) is 6.16. The summed E-state index contributed by atoms with van der Waals surface area (Å²) in [5.41, 5.74) is -0.191. The lowest BCUT2D eigenvalue weighted by Gasteiger charge is -2.15. The molecule has 0 bridgehead atoms. The van der Waals surface area contributed by atoms with E-state index in [1.807, 2.05) is 0 Å². The Hall–Kier alpha value is -1.61. The Labute approximate surface area is 109 Å². The Morgan fingerprint density at radius 3 is 2.74 bits per heavy atom. The fourth-order valence-electron chi connectivity index (χ4n) is 2.29. The molecular weight excluding hydrogens is 255 g/mol. The number of hydrogen-bond acceptors (Lipinski definition) is 3. The molecule has 19 heavy (non-hydrogen) atoms. The quantitative estimate of drug-likeness (QED) is 0.917. The third kappa shape index (κ3) is 3.44. The molecule has 3 nitrogen and oxygen atoms in total. The zero-order chi connectivity index (χ0) is 13.9. The predicted molar refractivity (Wildman–Crippen MR) is 62.8 cm³/mol. The van der Waals surface area contributed by atoms with Crippen LogP contribution in [0.3, 0.4) is 0 Å². The van der Waals surface area contributed by atoms with Gasteiger partial charge >= 0.3 is 6.18 Å². The van der Waals surface area contributed by atoms with Crippen LogP contribution in [-0.4, -0.2) is 11.0 Å². The van der Waals surface area contributed by atoms with Crippen LogP contribution in [0.25, 0.3) is 0 Å². The molecule has 1 aromatic heterocycles. The fourth-order valence-corrected chi connectivity index (χ4v) is 2.29. The molecule has 0 spiro atoms. The summed E-state index contributed by atoms with van der Waals surface area (Å²) < 4.78 is 37.1. The average Bonchev–Trinajstić information content (AvgIpc) is 2.83. The summed E-state index contributed by atoms with van der Waals surface area (Å²) in [5.74, 6) is -0.00514. The molecule has 0 saturated heterocycles. The van der Waals surface area contributed by atoms with Gasteiger partial charge in [0.1, 0.15) is 0 Å². The molecule has 0 radical (unpaired) electrons. The van der Waals surface area contributed by atoms with E-state index in [1.54, 1.807) is 0 Å². The summed E-state index contributed by atoms with van der Waals surface area (Å²) in [4.78, 5) is 3.79. The van der Waals surface area contributed by atoms with E-state index in [0.29, 0.717) is 12.2 Å². The number of nitrogens with zero attached hydrogens (tertiary/aromatic N) is 2. The largest absolute Gasteiger partial charge is 0.417 e. The van der Waals surface area contributed by atoms with E-state index in [2.05, 4.69) is 16.4 Å². The highest BCUT2D eigenvalue weighted by Crippen LogP contribution is 2.28. The van der Waals surface area contributed by atoms with Crippen molar-refractivity contribution in [2.75, 3.05) is 0 Å². The molecule has 2 unspecified atom stereocenters. The maximum Gasteiger partial charge on any atom is 0.417 e. The molecule has 1 saturated carbocycles. The van der Waals surface area contributed by atoms with Gasteiger partial charge in [-0.25, -0.2) is 0 Å². The Bertz CT molecular complexity index is 462. The molecule has 102 valence electrons. The summed E-state index contributed by atoms with van der Waals surface area (Å²) >= 11 is 0. The van der Waals surface area contributed by atoms with Crippen molar-refractivity contribution in [2.24, 2.45) is 5.92 Å². The van der Waals surface area contributed by atoms with Crippen LogP contribution in [0.2, 0.25) is 0 Å². The van der Waals surface area contributed by atoms with Gasteiger partial charge in [0.25, 0.3) is 0 Å². The second-order valence-corrected chi connectivity index (χ2v) is 4.69. The van der Waals surface area contributed by atoms with Crippen LogP contribution >= 0.6 is 0 Å². The Kier molecular flexibility index (Phi) is 4.05. The molecule has 1 heterocycles. The number of nitriles is 1. The molecule has 1 N–H and O–H groups in total. The first kappa shape index (κ1) is 13.8. The van der Waals surface area contributed by atoms with Gasteiger partial charge in [-0.3, -0.25) is 4.98 Å². The summed E-state index contributed by atoms with van der Waals surface area (Å²) in [6, 6.07) is 4.76. The smallest absolute Gasteiger partial charge is 0.307 e.